The maximum absolute atomic E-state index is 12.8. The number of carbonyl (C=O) groups is 1. The second-order valence-electron chi connectivity index (χ2n) is 8.08. The minimum Gasteiger partial charge on any atom is -0.393 e. The largest absolute Gasteiger partial charge is 0.417 e. The fourth-order valence-electron chi connectivity index (χ4n) is 4.35. The number of halogens is 4. The highest BCUT2D eigenvalue weighted by Crippen LogP contribution is 2.35. The molecule has 3 rings (SSSR count). The van der Waals surface area contributed by atoms with Crippen molar-refractivity contribution >= 4 is 23.8 Å². The Kier molecular flexibility index (Phi) is 7.27. The first kappa shape index (κ1) is 22.2. The minimum atomic E-state index is -4.47. The number of nitrogens with zero attached hydrogens (tertiary/aromatic N) is 3. The van der Waals surface area contributed by atoms with Gasteiger partial charge in [0.1, 0.15) is 5.82 Å². The molecule has 1 N–H and O–H groups in total. The highest BCUT2D eigenvalue weighted by Gasteiger charge is 2.33. The van der Waals surface area contributed by atoms with E-state index in [1.54, 1.807) is 0 Å². The second kappa shape index (κ2) is 9.51. The predicted molar refractivity (Wildman–Crippen MR) is 105 cm³/mol. The van der Waals surface area contributed by atoms with E-state index in [0.29, 0.717) is 31.4 Å². The van der Waals surface area contributed by atoms with Gasteiger partial charge in [-0.3, -0.25) is 4.79 Å². The van der Waals surface area contributed by atoms with E-state index in [9.17, 15) is 23.1 Å². The molecule has 0 spiro atoms. The molecule has 2 heterocycles. The number of rotatable bonds is 6. The zero-order valence-electron chi connectivity index (χ0n) is 16.2. The summed E-state index contributed by atoms with van der Waals surface area (Å²) in [7, 11) is 0. The van der Waals surface area contributed by atoms with Crippen molar-refractivity contribution in [3.05, 3.63) is 22.8 Å². The van der Waals surface area contributed by atoms with Crippen LogP contribution in [0.15, 0.2) is 12.3 Å². The Hall–Kier alpha value is -1.54. The monoisotopic (exact) mass is 433 g/mol. The first-order valence-corrected chi connectivity index (χ1v) is 10.5. The molecule has 9 heteroatoms. The van der Waals surface area contributed by atoms with Gasteiger partial charge in [0.25, 0.3) is 0 Å². The SMILES string of the molecule is O=CN(CCC1CCCN(c2ncc(C(F)(F)F)cc2Cl)C1)C1CCC(O)CC1. The van der Waals surface area contributed by atoms with Crippen molar-refractivity contribution in [3.8, 4) is 0 Å². The third kappa shape index (κ3) is 5.75. The van der Waals surface area contributed by atoms with Crippen LogP contribution in [0.3, 0.4) is 0 Å². The molecule has 1 aliphatic carbocycles. The Bertz CT molecular complexity index is 696. The average molecular weight is 434 g/mol. The van der Waals surface area contributed by atoms with E-state index >= 15 is 0 Å². The Morgan fingerprint density at radius 1 is 1.28 bits per heavy atom. The Morgan fingerprint density at radius 3 is 2.62 bits per heavy atom. The van der Waals surface area contributed by atoms with Crippen LogP contribution in [0.2, 0.25) is 5.02 Å². The molecule has 0 radical (unpaired) electrons. The van der Waals surface area contributed by atoms with Crippen molar-refractivity contribution in [3.63, 3.8) is 0 Å². The summed E-state index contributed by atoms with van der Waals surface area (Å²) in [5.74, 6) is 0.707. The molecule has 1 aromatic rings. The molecular weight excluding hydrogens is 407 g/mol. The topological polar surface area (TPSA) is 56.7 Å². The molecule has 0 aromatic carbocycles. The van der Waals surface area contributed by atoms with Gasteiger partial charge in [-0.15, -0.1) is 0 Å². The summed E-state index contributed by atoms with van der Waals surface area (Å²) in [5, 5.41) is 9.66. The van der Waals surface area contributed by atoms with E-state index in [1.165, 1.54) is 0 Å². The number of piperidine rings is 1. The van der Waals surface area contributed by atoms with E-state index in [-0.39, 0.29) is 17.2 Å². The molecule has 2 fully saturated rings. The van der Waals surface area contributed by atoms with Crippen LogP contribution in [-0.4, -0.2) is 53.2 Å². The zero-order valence-corrected chi connectivity index (χ0v) is 17.0. The molecule has 2 aliphatic rings. The number of anilines is 1. The maximum atomic E-state index is 12.8. The summed E-state index contributed by atoms with van der Waals surface area (Å²) in [6.07, 6.45) is 2.84. The zero-order chi connectivity index (χ0) is 21.0. The van der Waals surface area contributed by atoms with Gasteiger partial charge in [0.2, 0.25) is 6.41 Å². The lowest BCUT2D eigenvalue weighted by Gasteiger charge is -2.37. The number of hydrogen-bond acceptors (Lipinski definition) is 4. The van der Waals surface area contributed by atoms with Crippen LogP contribution in [0.25, 0.3) is 0 Å². The van der Waals surface area contributed by atoms with Crippen molar-refractivity contribution in [1.29, 1.82) is 0 Å². The average Bonchev–Trinajstić information content (AvgIpc) is 2.69. The van der Waals surface area contributed by atoms with Crippen molar-refractivity contribution in [2.45, 2.75) is 63.3 Å². The summed E-state index contributed by atoms with van der Waals surface area (Å²) in [5.41, 5.74) is -0.848. The molecule has 1 amide bonds. The van der Waals surface area contributed by atoms with Gasteiger partial charge in [0.15, 0.2) is 0 Å². The fraction of sp³-hybridized carbons (Fsp3) is 0.700. The number of aliphatic hydroxyl groups excluding tert-OH is 1. The Balaban J connectivity index is 1.57. The predicted octanol–water partition coefficient (Wildman–Crippen LogP) is 4.12. The van der Waals surface area contributed by atoms with Gasteiger partial charge in [-0.05, 0) is 56.9 Å². The van der Waals surface area contributed by atoms with Crippen LogP contribution in [0.1, 0.15) is 50.5 Å². The number of carbonyl (C=O) groups excluding carboxylic acids is 1. The molecule has 1 saturated heterocycles. The Labute approximate surface area is 173 Å². The van der Waals surface area contributed by atoms with Crippen molar-refractivity contribution in [2.24, 2.45) is 5.92 Å². The smallest absolute Gasteiger partial charge is 0.393 e. The molecule has 1 aliphatic heterocycles. The number of hydrogen-bond donors (Lipinski definition) is 1. The van der Waals surface area contributed by atoms with Gasteiger partial charge < -0.3 is 14.9 Å². The lowest BCUT2D eigenvalue weighted by Crippen LogP contribution is -2.41. The van der Waals surface area contributed by atoms with Crippen LogP contribution in [0, 0.1) is 5.92 Å². The molecule has 1 atom stereocenters. The molecule has 5 nitrogen and oxygen atoms in total. The van der Waals surface area contributed by atoms with Crippen LogP contribution < -0.4 is 4.90 Å². The minimum absolute atomic E-state index is 0.00996. The van der Waals surface area contributed by atoms with Gasteiger partial charge >= 0.3 is 6.18 Å². The first-order valence-electron chi connectivity index (χ1n) is 10.1. The third-order valence-corrected chi connectivity index (χ3v) is 6.31. The van der Waals surface area contributed by atoms with Crippen LogP contribution in [0.5, 0.6) is 0 Å². The van der Waals surface area contributed by atoms with Gasteiger partial charge in [0, 0.05) is 31.9 Å². The molecular formula is C20H27ClF3N3O2. The first-order chi connectivity index (χ1) is 13.8. The number of aromatic nitrogens is 1. The number of aliphatic hydroxyl groups is 1. The van der Waals surface area contributed by atoms with Gasteiger partial charge in [-0.1, -0.05) is 11.6 Å². The second-order valence-corrected chi connectivity index (χ2v) is 8.48. The summed E-state index contributed by atoms with van der Waals surface area (Å²) >= 11 is 6.10. The lowest BCUT2D eigenvalue weighted by molar-refractivity contribution is -0.137. The standard InChI is InChI=1S/C20H27ClF3N3O2/c21-18-10-15(20(22,23)24)11-25-19(18)26-8-1-2-14(12-26)7-9-27(13-28)16-3-5-17(29)6-4-16/h10-11,13-14,16-17,29H,1-9,12H2. The Morgan fingerprint density at radius 2 is 2.00 bits per heavy atom. The van der Waals surface area contributed by atoms with Crippen molar-refractivity contribution in [1.82, 2.24) is 9.88 Å². The maximum Gasteiger partial charge on any atom is 0.417 e. The fourth-order valence-corrected chi connectivity index (χ4v) is 4.64. The van der Waals surface area contributed by atoms with Crippen LogP contribution in [0.4, 0.5) is 19.0 Å². The molecule has 29 heavy (non-hydrogen) atoms. The van der Waals surface area contributed by atoms with E-state index in [1.807, 2.05) is 9.80 Å². The molecule has 0 bridgehead atoms. The van der Waals surface area contributed by atoms with Crippen LogP contribution >= 0.6 is 11.6 Å². The summed E-state index contributed by atoms with van der Waals surface area (Å²) < 4.78 is 38.5. The van der Waals surface area contributed by atoms with Crippen molar-refractivity contribution < 1.29 is 23.1 Å². The van der Waals surface area contributed by atoms with E-state index in [0.717, 1.165) is 63.6 Å². The molecule has 1 unspecified atom stereocenters. The highest BCUT2D eigenvalue weighted by atomic mass is 35.5. The molecule has 162 valence electrons. The van der Waals surface area contributed by atoms with Crippen molar-refractivity contribution in [2.75, 3.05) is 24.5 Å². The van der Waals surface area contributed by atoms with E-state index < -0.39 is 11.7 Å². The van der Waals surface area contributed by atoms with Crippen LogP contribution in [-0.2, 0) is 11.0 Å². The van der Waals surface area contributed by atoms with Gasteiger partial charge in [-0.25, -0.2) is 4.98 Å². The normalized spacial score (nSPS) is 25.7. The summed E-state index contributed by atoms with van der Waals surface area (Å²) in [6.45, 7) is 2.01. The number of amides is 1. The third-order valence-electron chi connectivity index (χ3n) is 6.03. The van der Waals surface area contributed by atoms with E-state index in [2.05, 4.69) is 4.98 Å². The number of alkyl halides is 3. The lowest BCUT2D eigenvalue weighted by atomic mass is 9.91. The quantitative estimate of drug-likeness (QED) is 0.685. The van der Waals surface area contributed by atoms with Gasteiger partial charge in [0.05, 0.1) is 16.7 Å². The summed E-state index contributed by atoms with van der Waals surface area (Å²) in [6, 6.07) is 1.11. The van der Waals surface area contributed by atoms with Gasteiger partial charge in [-0.2, -0.15) is 13.2 Å². The number of pyridine rings is 1. The summed E-state index contributed by atoms with van der Waals surface area (Å²) in [4.78, 5) is 19.3. The van der Waals surface area contributed by atoms with E-state index in [4.69, 9.17) is 11.6 Å². The molecule has 1 saturated carbocycles. The highest BCUT2D eigenvalue weighted by molar-refractivity contribution is 6.33. The molecule has 1 aromatic heterocycles.